The summed E-state index contributed by atoms with van der Waals surface area (Å²) in [7, 11) is 1.66. The van der Waals surface area contributed by atoms with E-state index in [1.54, 1.807) is 31.6 Å². The number of aromatic amines is 1. The number of nitro groups is 1. The van der Waals surface area contributed by atoms with Crippen molar-refractivity contribution in [2.24, 2.45) is 7.05 Å². The lowest BCUT2D eigenvalue weighted by Gasteiger charge is -2.24. The van der Waals surface area contributed by atoms with Gasteiger partial charge >= 0.3 is 0 Å². The Morgan fingerprint density at radius 2 is 1.79 bits per heavy atom. The average molecular weight is 456 g/mol. The molecular formula is C24H29N3O6. The first kappa shape index (κ1) is 23.0. The Kier molecular flexibility index (Phi) is 7.41. The van der Waals surface area contributed by atoms with Gasteiger partial charge in [-0.2, -0.15) is 0 Å². The van der Waals surface area contributed by atoms with E-state index in [1.165, 1.54) is 36.0 Å². The van der Waals surface area contributed by atoms with Crippen LogP contribution < -0.4 is 10.3 Å². The second-order valence-electron chi connectivity index (χ2n) is 8.27. The number of nitro benzene ring substituents is 1. The molecule has 2 aromatic heterocycles. The molecule has 1 N–H and O–H groups in total. The zero-order chi connectivity index (χ0) is 23.2. The Labute approximate surface area is 191 Å². The van der Waals surface area contributed by atoms with E-state index >= 15 is 0 Å². The topological polar surface area (TPSA) is 109 Å². The number of aryl methyl sites for hydroxylation is 1. The van der Waals surface area contributed by atoms with Crippen LogP contribution in [-0.4, -0.2) is 47.0 Å². The van der Waals surface area contributed by atoms with Crippen LogP contribution >= 0.6 is 0 Å². The number of rotatable bonds is 4. The van der Waals surface area contributed by atoms with Gasteiger partial charge in [0, 0.05) is 74.1 Å². The zero-order valence-corrected chi connectivity index (χ0v) is 18.7. The largest absolute Gasteiger partial charge is 0.490 e. The molecule has 33 heavy (non-hydrogen) atoms. The Balaban J connectivity index is 0.000000376. The highest BCUT2D eigenvalue weighted by molar-refractivity contribution is 5.96. The maximum absolute atomic E-state index is 12.3. The third kappa shape index (κ3) is 5.43. The molecule has 0 atom stereocenters. The summed E-state index contributed by atoms with van der Waals surface area (Å²) >= 11 is 0. The number of nitrogens with one attached hydrogen (secondary N) is 1. The van der Waals surface area contributed by atoms with Gasteiger partial charge in [-0.15, -0.1) is 0 Å². The lowest BCUT2D eigenvalue weighted by molar-refractivity contribution is -0.384. The molecule has 0 spiro atoms. The Morgan fingerprint density at radius 3 is 2.42 bits per heavy atom. The van der Waals surface area contributed by atoms with Crippen LogP contribution in [0.4, 0.5) is 5.69 Å². The zero-order valence-electron chi connectivity index (χ0n) is 18.7. The van der Waals surface area contributed by atoms with Crippen LogP contribution in [0.2, 0.25) is 0 Å². The van der Waals surface area contributed by atoms with Crippen molar-refractivity contribution in [3.63, 3.8) is 0 Å². The fourth-order valence-corrected chi connectivity index (χ4v) is 4.09. The minimum absolute atomic E-state index is 0.00629. The van der Waals surface area contributed by atoms with Gasteiger partial charge in [0.25, 0.3) is 11.2 Å². The van der Waals surface area contributed by atoms with Gasteiger partial charge in [0.05, 0.1) is 18.1 Å². The molecule has 9 nitrogen and oxygen atoms in total. The molecule has 1 aromatic carbocycles. The number of nitrogens with zero attached hydrogens (tertiary/aromatic N) is 2. The van der Waals surface area contributed by atoms with E-state index in [-0.39, 0.29) is 17.4 Å². The Bertz CT molecular complexity index is 1150. The fraction of sp³-hybridized carbons (Fsp3) is 0.458. The van der Waals surface area contributed by atoms with Crippen molar-refractivity contribution < 1.29 is 19.1 Å². The number of pyridine rings is 1. The molecule has 2 saturated heterocycles. The molecule has 9 heteroatoms. The Hall–Kier alpha value is -3.17. The molecule has 0 amide bonds. The van der Waals surface area contributed by atoms with Crippen molar-refractivity contribution in [2.75, 3.05) is 26.4 Å². The molecule has 5 rings (SSSR count). The van der Waals surface area contributed by atoms with E-state index in [4.69, 9.17) is 14.2 Å². The summed E-state index contributed by atoms with van der Waals surface area (Å²) in [6.45, 7) is 3.27. The summed E-state index contributed by atoms with van der Waals surface area (Å²) in [6, 6.07) is 6.37. The first-order valence-electron chi connectivity index (χ1n) is 11.3. The molecule has 0 aliphatic carbocycles. The second kappa shape index (κ2) is 10.6. The molecule has 0 saturated carbocycles. The van der Waals surface area contributed by atoms with Crippen molar-refractivity contribution in [3.8, 4) is 16.9 Å². The van der Waals surface area contributed by atoms with Crippen LogP contribution in [0, 0.1) is 10.1 Å². The lowest BCUT2D eigenvalue weighted by atomic mass is 10.0. The first-order valence-corrected chi connectivity index (χ1v) is 11.3. The van der Waals surface area contributed by atoms with Gasteiger partial charge in [-0.1, -0.05) is 0 Å². The predicted octanol–water partition coefficient (Wildman–Crippen LogP) is 4.19. The first-order chi connectivity index (χ1) is 16.0. The van der Waals surface area contributed by atoms with Crippen molar-refractivity contribution in [2.45, 2.75) is 38.2 Å². The van der Waals surface area contributed by atoms with Crippen molar-refractivity contribution >= 4 is 16.6 Å². The van der Waals surface area contributed by atoms with Gasteiger partial charge in [0.15, 0.2) is 0 Å². The van der Waals surface area contributed by atoms with Crippen molar-refractivity contribution in [3.05, 3.63) is 57.1 Å². The summed E-state index contributed by atoms with van der Waals surface area (Å²) in [4.78, 5) is 26.2. The number of ether oxygens (including phenoxy) is 3. The lowest BCUT2D eigenvalue weighted by Crippen LogP contribution is -2.26. The van der Waals surface area contributed by atoms with E-state index < -0.39 is 4.92 Å². The van der Waals surface area contributed by atoms with Gasteiger partial charge in [-0.05, 0) is 31.4 Å². The highest BCUT2D eigenvalue weighted by Gasteiger charge is 2.21. The number of fused-ring (bicyclic) bond motifs is 1. The van der Waals surface area contributed by atoms with Crippen LogP contribution in [0.3, 0.4) is 0 Å². The van der Waals surface area contributed by atoms with Gasteiger partial charge < -0.3 is 23.8 Å². The van der Waals surface area contributed by atoms with E-state index in [0.717, 1.165) is 26.1 Å². The third-order valence-corrected chi connectivity index (χ3v) is 5.90. The third-order valence-electron chi connectivity index (χ3n) is 5.90. The highest BCUT2D eigenvalue weighted by Crippen LogP contribution is 2.37. The van der Waals surface area contributed by atoms with Crippen molar-refractivity contribution in [1.82, 2.24) is 9.55 Å². The molecule has 3 aromatic rings. The van der Waals surface area contributed by atoms with E-state index in [1.807, 2.05) is 0 Å². The maximum atomic E-state index is 12.3. The number of non-ortho nitro benzene ring substituents is 1. The molecule has 0 radical (unpaired) electrons. The summed E-state index contributed by atoms with van der Waals surface area (Å²) < 4.78 is 18.1. The molecule has 0 bridgehead atoms. The second-order valence-corrected chi connectivity index (χ2v) is 8.27. The van der Waals surface area contributed by atoms with Gasteiger partial charge in [0.1, 0.15) is 17.4 Å². The molecule has 176 valence electrons. The van der Waals surface area contributed by atoms with Crippen LogP contribution in [0.25, 0.3) is 22.0 Å². The summed E-state index contributed by atoms with van der Waals surface area (Å²) in [5, 5.41) is 12.0. The number of hydrogen-bond donors (Lipinski definition) is 1. The van der Waals surface area contributed by atoms with Crippen LogP contribution in [0.5, 0.6) is 5.75 Å². The number of H-pyrrole nitrogens is 1. The normalized spacial score (nSPS) is 16.8. The van der Waals surface area contributed by atoms with Gasteiger partial charge in [0.2, 0.25) is 0 Å². The molecule has 4 heterocycles. The summed E-state index contributed by atoms with van der Waals surface area (Å²) in [6.07, 6.45) is 8.83. The fourth-order valence-electron chi connectivity index (χ4n) is 4.09. The standard InChI is InChI=1S/C19H19N3O5.C5H10O/c1-21-11-16(14-4-7-20-18(14)19(21)23)15-10-12(22(24)25)2-3-17(15)27-13-5-8-26-9-6-13;1-2-4-6-5-3-1/h2-4,7,10-11,13,20H,5-6,8-9H2,1H3;1-5H2. The van der Waals surface area contributed by atoms with Crippen LogP contribution in [-0.2, 0) is 16.5 Å². The minimum Gasteiger partial charge on any atom is -0.490 e. The smallest absolute Gasteiger partial charge is 0.274 e. The summed E-state index contributed by atoms with van der Waals surface area (Å²) in [5.41, 5.74) is 1.58. The minimum atomic E-state index is -0.433. The molecule has 2 fully saturated rings. The monoisotopic (exact) mass is 455 g/mol. The SMILES string of the molecule is C1CCOCC1.Cn1cc(-c2cc([N+](=O)[O-])ccc2OC2CCOCC2)c2cc[nH]c2c1=O. The van der Waals surface area contributed by atoms with Crippen LogP contribution in [0.1, 0.15) is 32.1 Å². The highest BCUT2D eigenvalue weighted by atomic mass is 16.6. The van der Waals surface area contributed by atoms with Gasteiger partial charge in [-0.25, -0.2) is 0 Å². The number of aromatic nitrogens is 2. The molecule has 0 unspecified atom stereocenters. The molecular weight excluding hydrogens is 426 g/mol. The maximum Gasteiger partial charge on any atom is 0.274 e. The predicted molar refractivity (Wildman–Crippen MR) is 125 cm³/mol. The van der Waals surface area contributed by atoms with Crippen LogP contribution in [0.15, 0.2) is 41.5 Å². The quantitative estimate of drug-likeness (QED) is 0.467. The van der Waals surface area contributed by atoms with Gasteiger partial charge in [-0.3, -0.25) is 14.9 Å². The van der Waals surface area contributed by atoms with E-state index in [9.17, 15) is 14.9 Å². The molecule has 2 aliphatic rings. The number of benzene rings is 1. The van der Waals surface area contributed by atoms with E-state index in [2.05, 4.69) is 4.98 Å². The molecule has 2 aliphatic heterocycles. The van der Waals surface area contributed by atoms with E-state index in [0.29, 0.717) is 41.0 Å². The Morgan fingerprint density at radius 1 is 1.06 bits per heavy atom. The summed E-state index contributed by atoms with van der Waals surface area (Å²) in [5.74, 6) is 0.564. The average Bonchev–Trinajstić information content (AvgIpc) is 3.34. The van der Waals surface area contributed by atoms with Crippen molar-refractivity contribution in [1.29, 1.82) is 0 Å². The number of hydrogen-bond acceptors (Lipinski definition) is 6.